The van der Waals surface area contributed by atoms with Gasteiger partial charge in [0.25, 0.3) is 5.91 Å². The Hall–Kier alpha value is -0.880. The number of thiazole rings is 1. The monoisotopic (exact) mass is 335 g/mol. The molecule has 1 amide bonds. The van der Waals surface area contributed by atoms with E-state index in [2.05, 4.69) is 29.5 Å². The zero-order valence-corrected chi connectivity index (χ0v) is 13.8. The highest BCUT2D eigenvalue weighted by molar-refractivity contribution is 7.16. The number of nitrogens with one attached hydrogen (secondary N) is 2. The van der Waals surface area contributed by atoms with Crippen LogP contribution < -0.4 is 10.6 Å². The number of carbonyl (C=O) groups is 1. The third kappa shape index (κ3) is 4.90. The van der Waals surface area contributed by atoms with Crippen LogP contribution in [0.1, 0.15) is 24.2 Å². The van der Waals surface area contributed by atoms with Crippen molar-refractivity contribution in [3.05, 3.63) is 29.3 Å². The van der Waals surface area contributed by atoms with Crippen LogP contribution in [0.2, 0.25) is 0 Å². The minimum absolute atomic E-state index is 0. The molecule has 2 rings (SSSR count). The van der Waals surface area contributed by atoms with Crippen LogP contribution in [0.4, 0.5) is 0 Å². The van der Waals surface area contributed by atoms with Gasteiger partial charge >= 0.3 is 0 Å². The number of aromatic nitrogens is 1. The molecule has 0 saturated heterocycles. The highest BCUT2D eigenvalue weighted by Crippen LogP contribution is 2.18. The molecule has 1 heterocycles. The first-order valence-corrected chi connectivity index (χ1v) is 6.93. The summed E-state index contributed by atoms with van der Waals surface area (Å²) in [6.45, 7) is 5.64. The fraction of sp³-hybridized carbons (Fsp3) is 0.385. The normalized spacial score (nSPS) is 11.3. The molecule has 0 unspecified atom stereocenters. The van der Waals surface area contributed by atoms with E-state index in [9.17, 15) is 4.79 Å². The van der Waals surface area contributed by atoms with Crippen molar-refractivity contribution in [3.8, 4) is 0 Å². The standard InChI is InChI=1S/C13H17N3OS.2ClH/c1-3-14-9(2)7-15-13(17)10-4-5-11-12(6-10)18-8-16-11;;/h4-6,8-9,14H,3,7H2,1-2H3,(H,15,17);2*1H/t9-;;/m1../s1. The van der Waals surface area contributed by atoms with E-state index >= 15 is 0 Å². The second kappa shape index (κ2) is 9.13. The minimum Gasteiger partial charge on any atom is -0.350 e. The number of benzene rings is 1. The van der Waals surface area contributed by atoms with Gasteiger partial charge in [-0.1, -0.05) is 6.92 Å². The van der Waals surface area contributed by atoms with Crippen molar-refractivity contribution >= 4 is 52.3 Å². The Kier molecular flexibility index (Phi) is 8.73. The molecule has 2 N–H and O–H groups in total. The van der Waals surface area contributed by atoms with E-state index in [1.54, 1.807) is 16.8 Å². The van der Waals surface area contributed by atoms with Gasteiger partial charge in [0, 0.05) is 18.2 Å². The second-order valence-corrected chi connectivity index (χ2v) is 5.09. The van der Waals surface area contributed by atoms with Crippen LogP contribution in [-0.2, 0) is 0 Å². The lowest BCUT2D eigenvalue weighted by Crippen LogP contribution is -2.38. The molecule has 0 radical (unpaired) electrons. The quantitative estimate of drug-likeness (QED) is 0.883. The first kappa shape index (κ1) is 19.1. The molecule has 1 aromatic carbocycles. The summed E-state index contributed by atoms with van der Waals surface area (Å²) in [4.78, 5) is 16.2. The maximum Gasteiger partial charge on any atom is 0.251 e. The van der Waals surface area contributed by atoms with Crippen LogP contribution in [0.5, 0.6) is 0 Å². The molecule has 4 nitrogen and oxygen atoms in total. The van der Waals surface area contributed by atoms with Gasteiger partial charge in [-0.3, -0.25) is 4.79 Å². The van der Waals surface area contributed by atoms with Gasteiger partial charge in [-0.25, -0.2) is 4.98 Å². The van der Waals surface area contributed by atoms with E-state index in [-0.39, 0.29) is 36.8 Å². The average Bonchev–Trinajstić information content (AvgIpc) is 2.83. The lowest BCUT2D eigenvalue weighted by atomic mass is 10.2. The molecular formula is C13H19Cl2N3OS. The Labute approximate surface area is 135 Å². The Balaban J connectivity index is 0.00000180. The number of likely N-dealkylation sites (N-methyl/N-ethyl adjacent to an activating group) is 1. The van der Waals surface area contributed by atoms with Crippen molar-refractivity contribution in [1.29, 1.82) is 0 Å². The Morgan fingerprint density at radius 3 is 2.85 bits per heavy atom. The lowest BCUT2D eigenvalue weighted by molar-refractivity contribution is 0.0950. The molecule has 7 heteroatoms. The molecule has 0 aliphatic carbocycles. The van der Waals surface area contributed by atoms with Crippen LogP contribution >= 0.6 is 36.2 Å². The molecule has 1 atom stereocenters. The molecule has 2 aromatic rings. The van der Waals surface area contributed by atoms with Gasteiger partial charge in [0.2, 0.25) is 0 Å². The van der Waals surface area contributed by atoms with Crippen LogP contribution in [0.25, 0.3) is 10.2 Å². The number of hydrogen-bond acceptors (Lipinski definition) is 4. The van der Waals surface area contributed by atoms with E-state index < -0.39 is 0 Å². The molecule has 0 aliphatic heterocycles. The number of hydrogen-bond donors (Lipinski definition) is 2. The third-order valence-corrected chi connectivity index (χ3v) is 3.51. The highest BCUT2D eigenvalue weighted by atomic mass is 35.5. The number of fused-ring (bicyclic) bond motifs is 1. The summed E-state index contributed by atoms with van der Waals surface area (Å²) in [5.41, 5.74) is 3.42. The van der Waals surface area contributed by atoms with Crippen molar-refractivity contribution in [2.75, 3.05) is 13.1 Å². The first-order valence-electron chi connectivity index (χ1n) is 6.05. The van der Waals surface area contributed by atoms with E-state index in [0.29, 0.717) is 12.1 Å². The number of nitrogens with zero attached hydrogens (tertiary/aromatic N) is 1. The van der Waals surface area contributed by atoms with Crippen LogP contribution in [-0.4, -0.2) is 30.0 Å². The van der Waals surface area contributed by atoms with Gasteiger partial charge in [0.1, 0.15) is 0 Å². The molecule has 0 spiro atoms. The molecule has 0 saturated carbocycles. The number of halogens is 2. The summed E-state index contributed by atoms with van der Waals surface area (Å²) >= 11 is 1.55. The Morgan fingerprint density at radius 2 is 2.15 bits per heavy atom. The molecule has 0 fully saturated rings. The van der Waals surface area contributed by atoms with Crippen molar-refractivity contribution < 1.29 is 4.79 Å². The Bertz CT molecular complexity index is 547. The minimum atomic E-state index is -0.0324. The largest absolute Gasteiger partial charge is 0.350 e. The topological polar surface area (TPSA) is 54.0 Å². The summed E-state index contributed by atoms with van der Waals surface area (Å²) in [6.07, 6.45) is 0. The van der Waals surface area contributed by atoms with E-state index in [0.717, 1.165) is 16.8 Å². The van der Waals surface area contributed by atoms with Crippen molar-refractivity contribution in [2.24, 2.45) is 0 Å². The summed E-state index contributed by atoms with van der Waals surface area (Å²) in [7, 11) is 0. The fourth-order valence-electron chi connectivity index (χ4n) is 1.76. The molecule has 112 valence electrons. The van der Waals surface area contributed by atoms with Gasteiger partial charge in [-0.2, -0.15) is 0 Å². The first-order chi connectivity index (χ1) is 8.70. The Morgan fingerprint density at radius 1 is 1.40 bits per heavy atom. The van der Waals surface area contributed by atoms with Crippen LogP contribution in [0.3, 0.4) is 0 Å². The van der Waals surface area contributed by atoms with Gasteiger partial charge in [-0.05, 0) is 31.7 Å². The zero-order valence-electron chi connectivity index (χ0n) is 11.4. The lowest BCUT2D eigenvalue weighted by Gasteiger charge is -2.13. The van der Waals surface area contributed by atoms with E-state index in [1.165, 1.54) is 0 Å². The molecule has 0 aliphatic rings. The van der Waals surface area contributed by atoms with Crippen molar-refractivity contribution in [2.45, 2.75) is 19.9 Å². The second-order valence-electron chi connectivity index (χ2n) is 4.20. The maximum absolute atomic E-state index is 12.0. The van der Waals surface area contributed by atoms with Crippen LogP contribution in [0, 0.1) is 0 Å². The zero-order chi connectivity index (χ0) is 13.0. The van der Waals surface area contributed by atoms with Gasteiger partial charge in [0.05, 0.1) is 15.7 Å². The maximum atomic E-state index is 12.0. The predicted octanol–water partition coefficient (Wildman–Crippen LogP) is 2.87. The van der Waals surface area contributed by atoms with E-state index in [1.807, 2.05) is 18.2 Å². The summed E-state index contributed by atoms with van der Waals surface area (Å²) in [6, 6.07) is 5.87. The van der Waals surface area contributed by atoms with E-state index in [4.69, 9.17) is 0 Å². The smallest absolute Gasteiger partial charge is 0.251 e. The summed E-state index contributed by atoms with van der Waals surface area (Å²) in [5.74, 6) is -0.0324. The van der Waals surface area contributed by atoms with Gasteiger partial charge < -0.3 is 10.6 Å². The van der Waals surface area contributed by atoms with Crippen molar-refractivity contribution in [1.82, 2.24) is 15.6 Å². The van der Waals surface area contributed by atoms with Crippen LogP contribution in [0.15, 0.2) is 23.7 Å². The van der Waals surface area contributed by atoms with Crippen molar-refractivity contribution in [3.63, 3.8) is 0 Å². The number of carbonyl (C=O) groups excluding carboxylic acids is 1. The SMILES string of the molecule is CCN[C@H](C)CNC(=O)c1ccc2ncsc2c1.Cl.Cl. The van der Waals surface area contributed by atoms with Gasteiger partial charge in [-0.15, -0.1) is 36.2 Å². The fourth-order valence-corrected chi connectivity index (χ4v) is 2.48. The van der Waals surface area contributed by atoms with Gasteiger partial charge in [0.15, 0.2) is 0 Å². The number of rotatable bonds is 5. The highest BCUT2D eigenvalue weighted by Gasteiger charge is 2.08. The molecule has 0 bridgehead atoms. The molecular weight excluding hydrogens is 317 g/mol. The third-order valence-electron chi connectivity index (χ3n) is 2.71. The molecule has 1 aromatic heterocycles. The average molecular weight is 336 g/mol. The summed E-state index contributed by atoms with van der Waals surface area (Å²) < 4.78 is 1.04. The molecule has 20 heavy (non-hydrogen) atoms. The predicted molar refractivity (Wildman–Crippen MR) is 89.6 cm³/mol. The summed E-state index contributed by atoms with van der Waals surface area (Å²) in [5, 5.41) is 6.18. The number of amides is 1.